The number of piperidine rings is 1. The Morgan fingerprint density at radius 1 is 1.38 bits per heavy atom. The van der Waals surface area contributed by atoms with Gasteiger partial charge in [0.15, 0.2) is 0 Å². The van der Waals surface area contributed by atoms with Gasteiger partial charge in [0.25, 0.3) is 5.91 Å². The molecule has 6 heteroatoms. The lowest BCUT2D eigenvalue weighted by molar-refractivity contribution is -0.131. The summed E-state index contributed by atoms with van der Waals surface area (Å²) < 4.78 is 0. The third kappa shape index (κ3) is 4.45. The molecule has 0 radical (unpaired) electrons. The summed E-state index contributed by atoms with van der Waals surface area (Å²) in [6.45, 7) is 0.434. The Bertz CT molecular complexity index is 585. The monoisotopic (exact) mass is 288 g/mol. The Labute approximate surface area is 121 Å². The van der Waals surface area contributed by atoms with Crippen molar-refractivity contribution < 1.29 is 19.5 Å². The molecule has 6 nitrogen and oxygen atoms in total. The van der Waals surface area contributed by atoms with Crippen LogP contribution in [0.2, 0.25) is 0 Å². The molecule has 1 unspecified atom stereocenters. The second-order valence-corrected chi connectivity index (χ2v) is 4.81. The first kappa shape index (κ1) is 14.8. The van der Waals surface area contributed by atoms with E-state index in [2.05, 4.69) is 10.6 Å². The lowest BCUT2D eigenvalue weighted by atomic mass is 10.1. The number of aliphatic carboxylic acids is 1. The fourth-order valence-electron chi connectivity index (χ4n) is 2.08. The van der Waals surface area contributed by atoms with Gasteiger partial charge in [-0.15, -0.1) is 0 Å². The van der Waals surface area contributed by atoms with Gasteiger partial charge in [-0.05, 0) is 30.2 Å². The molecular weight excluding hydrogens is 272 g/mol. The molecule has 110 valence electrons. The number of carbonyl (C=O) groups is 3. The van der Waals surface area contributed by atoms with E-state index in [9.17, 15) is 14.4 Å². The van der Waals surface area contributed by atoms with E-state index < -0.39 is 5.97 Å². The van der Waals surface area contributed by atoms with Crippen LogP contribution in [0.25, 0.3) is 6.08 Å². The van der Waals surface area contributed by atoms with Crippen LogP contribution >= 0.6 is 0 Å². The van der Waals surface area contributed by atoms with Crippen LogP contribution < -0.4 is 10.6 Å². The van der Waals surface area contributed by atoms with Crippen molar-refractivity contribution in [2.24, 2.45) is 0 Å². The molecule has 0 bridgehead atoms. The quantitative estimate of drug-likeness (QED) is 0.714. The topological polar surface area (TPSA) is 95.5 Å². The molecule has 1 aromatic carbocycles. The van der Waals surface area contributed by atoms with E-state index in [0.717, 1.165) is 6.08 Å². The van der Waals surface area contributed by atoms with Gasteiger partial charge in [-0.25, -0.2) is 4.79 Å². The van der Waals surface area contributed by atoms with E-state index in [4.69, 9.17) is 5.11 Å². The van der Waals surface area contributed by atoms with Crippen LogP contribution in [0.5, 0.6) is 0 Å². The van der Waals surface area contributed by atoms with Crippen molar-refractivity contribution in [2.75, 3.05) is 6.54 Å². The summed E-state index contributed by atoms with van der Waals surface area (Å²) in [6, 6.07) is 6.62. The number of carbonyl (C=O) groups excluding carboxylic acids is 2. The lowest BCUT2D eigenvalue weighted by Gasteiger charge is -2.23. The summed E-state index contributed by atoms with van der Waals surface area (Å²) in [4.78, 5) is 33.7. The lowest BCUT2D eigenvalue weighted by Crippen LogP contribution is -2.47. The zero-order chi connectivity index (χ0) is 15.2. The fourth-order valence-corrected chi connectivity index (χ4v) is 2.08. The van der Waals surface area contributed by atoms with Crippen molar-refractivity contribution >= 4 is 23.9 Å². The molecule has 1 heterocycles. The smallest absolute Gasteiger partial charge is 0.328 e. The van der Waals surface area contributed by atoms with Gasteiger partial charge in [0.05, 0.1) is 0 Å². The van der Waals surface area contributed by atoms with Crippen molar-refractivity contribution in [1.82, 2.24) is 10.6 Å². The van der Waals surface area contributed by atoms with E-state index in [1.165, 1.54) is 6.08 Å². The van der Waals surface area contributed by atoms with Gasteiger partial charge < -0.3 is 15.7 Å². The number of rotatable bonds is 4. The highest BCUT2D eigenvalue weighted by Gasteiger charge is 2.20. The summed E-state index contributed by atoms with van der Waals surface area (Å²) in [6.07, 6.45) is 3.48. The van der Waals surface area contributed by atoms with Crippen molar-refractivity contribution in [3.63, 3.8) is 0 Å². The van der Waals surface area contributed by atoms with Crippen LogP contribution in [-0.2, 0) is 9.59 Å². The minimum atomic E-state index is -1.04. The molecule has 1 fully saturated rings. The van der Waals surface area contributed by atoms with E-state index in [1.807, 2.05) is 0 Å². The Balaban J connectivity index is 2.00. The molecule has 0 aromatic heterocycles. The van der Waals surface area contributed by atoms with Crippen LogP contribution in [0.1, 0.15) is 28.8 Å². The molecule has 0 aliphatic carbocycles. The maximum Gasteiger partial charge on any atom is 0.328 e. The molecule has 2 rings (SSSR count). The number of carboxylic acids is 1. The van der Waals surface area contributed by atoms with Crippen molar-refractivity contribution in [2.45, 2.75) is 18.9 Å². The van der Waals surface area contributed by atoms with Gasteiger partial charge >= 0.3 is 5.97 Å². The summed E-state index contributed by atoms with van der Waals surface area (Å²) in [5, 5.41) is 14.1. The van der Waals surface area contributed by atoms with E-state index in [0.29, 0.717) is 30.5 Å². The third-order valence-corrected chi connectivity index (χ3v) is 3.17. The molecule has 1 saturated heterocycles. The van der Waals surface area contributed by atoms with Gasteiger partial charge in [-0.3, -0.25) is 9.59 Å². The van der Waals surface area contributed by atoms with Crippen molar-refractivity contribution in [1.29, 1.82) is 0 Å². The van der Waals surface area contributed by atoms with E-state index in [-0.39, 0.29) is 17.9 Å². The average molecular weight is 288 g/mol. The molecule has 1 aliphatic rings. The maximum absolute atomic E-state index is 12.1. The third-order valence-electron chi connectivity index (χ3n) is 3.17. The van der Waals surface area contributed by atoms with Gasteiger partial charge in [0.1, 0.15) is 0 Å². The molecule has 1 aromatic rings. The fraction of sp³-hybridized carbons (Fsp3) is 0.267. The summed E-state index contributed by atoms with van der Waals surface area (Å²) in [5.41, 5.74) is 1.10. The molecular formula is C15H16N2O4. The summed E-state index contributed by atoms with van der Waals surface area (Å²) in [7, 11) is 0. The molecule has 0 spiro atoms. The molecule has 1 aliphatic heterocycles. The number of carboxylic acid groups (broad SMARTS) is 1. The maximum atomic E-state index is 12.1. The number of amides is 2. The molecule has 2 amide bonds. The van der Waals surface area contributed by atoms with Gasteiger partial charge in [-0.1, -0.05) is 12.1 Å². The van der Waals surface area contributed by atoms with Gasteiger partial charge in [-0.2, -0.15) is 0 Å². The van der Waals surface area contributed by atoms with Crippen LogP contribution in [0.4, 0.5) is 0 Å². The van der Waals surface area contributed by atoms with Crippen molar-refractivity contribution in [3.05, 3.63) is 41.5 Å². The van der Waals surface area contributed by atoms with Crippen LogP contribution in [0.3, 0.4) is 0 Å². The number of nitrogens with one attached hydrogen (secondary N) is 2. The standard InChI is InChI=1S/C15H16N2O4/c18-13-6-5-12(9-16-13)17-15(21)11-3-1-2-10(8-11)4-7-14(19)20/h1-4,7-8,12H,5-6,9H2,(H,16,18)(H,17,21)(H,19,20). The number of hydrogen-bond acceptors (Lipinski definition) is 3. The Hall–Kier alpha value is -2.63. The van der Waals surface area contributed by atoms with Gasteiger partial charge in [0, 0.05) is 30.6 Å². The van der Waals surface area contributed by atoms with E-state index in [1.54, 1.807) is 24.3 Å². The first-order chi connectivity index (χ1) is 10.0. The SMILES string of the molecule is O=C(O)C=Cc1cccc(C(=O)NC2CCC(=O)NC2)c1. The first-order valence-electron chi connectivity index (χ1n) is 6.63. The first-order valence-corrected chi connectivity index (χ1v) is 6.63. The van der Waals surface area contributed by atoms with E-state index >= 15 is 0 Å². The highest BCUT2D eigenvalue weighted by Crippen LogP contribution is 2.09. The molecule has 3 N–H and O–H groups in total. The number of hydrogen-bond donors (Lipinski definition) is 3. The van der Waals surface area contributed by atoms with Crippen LogP contribution in [0.15, 0.2) is 30.3 Å². The second kappa shape index (κ2) is 6.69. The van der Waals surface area contributed by atoms with Crippen LogP contribution in [-0.4, -0.2) is 35.5 Å². The second-order valence-electron chi connectivity index (χ2n) is 4.81. The van der Waals surface area contributed by atoms with Gasteiger partial charge in [0.2, 0.25) is 5.91 Å². The predicted molar refractivity (Wildman–Crippen MR) is 76.6 cm³/mol. The van der Waals surface area contributed by atoms with Crippen molar-refractivity contribution in [3.8, 4) is 0 Å². The molecule has 1 atom stereocenters. The zero-order valence-corrected chi connectivity index (χ0v) is 11.3. The van der Waals surface area contributed by atoms with Crippen LogP contribution in [0, 0.1) is 0 Å². The predicted octanol–water partition coefficient (Wildman–Crippen LogP) is 0.793. The number of benzene rings is 1. The summed E-state index contributed by atoms with van der Waals surface area (Å²) in [5.74, 6) is -1.27. The largest absolute Gasteiger partial charge is 0.478 e. The molecule has 0 saturated carbocycles. The average Bonchev–Trinajstić information content (AvgIpc) is 2.48. The normalized spacial score (nSPS) is 18.3. The zero-order valence-electron chi connectivity index (χ0n) is 11.3. The summed E-state index contributed by atoms with van der Waals surface area (Å²) >= 11 is 0. The minimum Gasteiger partial charge on any atom is -0.478 e. The Morgan fingerprint density at radius 2 is 2.19 bits per heavy atom. The Morgan fingerprint density at radius 3 is 2.86 bits per heavy atom. The minimum absolute atomic E-state index is 0.00121. The molecule has 21 heavy (non-hydrogen) atoms. The highest BCUT2D eigenvalue weighted by atomic mass is 16.4. The Kier molecular flexibility index (Phi) is 4.71. The highest BCUT2D eigenvalue weighted by molar-refractivity contribution is 5.95.